The van der Waals surface area contributed by atoms with Crippen LogP contribution in [0.5, 0.6) is 0 Å². The summed E-state index contributed by atoms with van der Waals surface area (Å²) < 4.78 is 0. The number of rotatable bonds is 1. The van der Waals surface area contributed by atoms with Crippen LogP contribution in [0.4, 0.5) is 5.69 Å². The molecule has 4 heteroatoms. The molecule has 1 aliphatic carbocycles. The summed E-state index contributed by atoms with van der Waals surface area (Å²) in [4.78, 5) is 10.2. The van der Waals surface area contributed by atoms with E-state index in [1.165, 1.54) is 12.1 Å². The summed E-state index contributed by atoms with van der Waals surface area (Å²) in [7, 11) is 0. The van der Waals surface area contributed by atoms with E-state index in [1.807, 2.05) is 0 Å². The predicted octanol–water partition coefficient (Wildman–Crippen LogP) is 2.35. The smallest absolute Gasteiger partial charge is 0.269 e. The molecule has 0 amide bonds. The molecule has 1 aromatic carbocycles. The van der Waals surface area contributed by atoms with Gasteiger partial charge in [0.1, 0.15) is 0 Å². The molecule has 0 fully saturated rings. The molecule has 0 radical (unpaired) electrons. The van der Waals surface area contributed by atoms with Crippen LogP contribution in [0.3, 0.4) is 0 Å². The van der Waals surface area contributed by atoms with Gasteiger partial charge < -0.3 is 5.11 Å². The normalized spacial score (nSPS) is 20.5. The summed E-state index contributed by atoms with van der Waals surface area (Å²) in [5.41, 5.74) is 1.85. The fraction of sp³-hybridized carbons (Fsp3) is 0.455. The van der Waals surface area contributed by atoms with E-state index in [0.29, 0.717) is 6.42 Å². The predicted molar refractivity (Wildman–Crippen MR) is 55.6 cm³/mol. The third kappa shape index (κ3) is 1.99. The Bertz CT molecular complexity index is 389. The Kier molecular flexibility index (Phi) is 2.68. The zero-order chi connectivity index (χ0) is 10.8. The zero-order valence-corrected chi connectivity index (χ0v) is 8.35. The molecule has 0 aliphatic heterocycles. The quantitative estimate of drug-likeness (QED) is 0.436. The first-order chi connectivity index (χ1) is 7.18. The van der Waals surface area contributed by atoms with Crippen LogP contribution >= 0.6 is 0 Å². The molecule has 1 atom stereocenters. The summed E-state index contributed by atoms with van der Waals surface area (Å²) in [6.07, 6.45) is 3.09. The second-order valence-electron chi connectivity index (χ2n) is 3.90. The van der Waals surface area contributed by atoms with Crippen molar-refractivity contribution in [3.8, 4) is 0 Å². The van der Waals surface area contributed by atoms with Gasteiger partial charge >= 0.3 is 0 Å². The highest BCUT2D eigenvalue weighted by Crippen LogP contribution is 2.30. The Labute approximate surface area is 87.7 Å². The highest BCUT2D eigenvalue weighted by molar-refractivity contribution is 5.41. The van der Waals surface area contributed by atoms with Crippen molar-refractivity contribution in [2.24, 2.45) is 0 Å². The first kappa shape index (κ1) is 10.1. The lowest BCUT2D eigenvalue weighted by molar-refractivity contribution is -0.385. The van der Waals surface area contributed by atoms with Gasteiger partial charge in [0, 0.05) is 12.1 Å². The highest BCUT2D eigenvalue weighted by atomic mass is 16.6. The van der Waals surface area contributed by atoms with E-state index in [2.05, 4.69) is 0 Å². The van der Waals surface area contributed by atoms with Crippen LogP contribution in [0.25, 0.3) is 0 Å². The number of nitrogens with zero attached hydrogens (tertiary/aromatic N) is 1. The number of non-ortho nitro benzene ring substituents is 1. The molecule has 80 valence electrons. The fourth-order valence-corrected chi connectivity index (χ4v) is 2.04. The number of nitro groups is 1. The molecular weight excluding hydrogens is 194 g/mol. The fourth-order valence-electron chi connectivity index (χ4n) is 2.04. The van der Waals surface area contributed by atoms with Gasteiger partial charge in [-0.2, -0.15) is 0 Å². The van der Waals surface area contributed by atoms with Gasteiger partial charge in [0.05, 0.1) is 11.0 Å². The van der Waals surface area contributed by atoms with Crippen molar-refractivity contribution in [3.05, 3.63) is 39.4 Å². The average molecular weight is 207 g/mol. The van der Waals surface area contributed by atoms with E-state index in [9.17, 15) is 15.2 Å². The topological polar surface area (TPSA) is 63.4 Å². The van der Waals surface area contributed by atoms with E-state index >= 15 is 0 Å². The van der Waals surface area contributed by atoms with Crippen LogP contribution in [-0.4, -0.2) is 10.0 Å². The summed E-state index contributed by atoms with van der Waals surface area (Å²) in [6, 6.07) is 4.78. The Balaban J connectivity index is 2.44. The van der Waals surface area contributed by atoms with E-state index in [4.69, 9.17) is 0 Å². The molecule has 0 aromatic heterocycles. The van der Waals surface area contributed by atoms with Gasteiger partial charge in [-0.1, -0.05) is 12.5 Å². The third-order valence-corrected chi connectivity index (χ3v) is 2.87. The van der Waals surface area contributed by atoms with Gasteiger partial charge in [-0.05, 0) is 30.4 Å². The first-order valence-electron chi connectivity index (χ1n) is 5.14. The highest BCUT2D eigenvalue weighted by Gasteiger charge is 2.19. The van der Waals surface area contributed by atoms with Gasteiger partial charge in [0.2, 0.25) is 0 Å². The number of benzene rings is 1. The second-order valence-corrected chi connectivity index (χ2v) is 3.90. The van der Waals surface area contributed by atoms with Crippen LogP contribution in [0.2, 0.25) is 0 Å². The Morgan fingerprint density at radius 1 is 1.40 bits per heavy atom. The summed E-state index contributed by atoms with van der Waals surface area (Å²) in [5, 5.41) is 20.4. The van der Waals surface area contributed by atoms with Crippen molar-refractivity contribution in [3.63, 3.8) is 0 Å². The van der Waals surface area contributed by atoms with Crippen molar-refractivity contribution >= 4 is 5.69 Å². The summed E-state index contributed by atoms with van der Waals surface area (Å²) in [6.45, 7) is 0. The number of hydrogen-bond acceptors (Lipinski definition) is 3. The van der Waals surface area contributed by atoms with Gasteiger partial charge in [-0.3, -0.25) is 10.1 Å². The van der Waals surface area contributed by atoms with Gasteiger partial charge in [-0.15, -0.1) is 0 Å². The number of aryl methyl sites for hydroxylation is 1. The minimum atomic E-state index is -0.539. The van der Waals surface area contributed by atoms with Crippen LogP contribution in [-0.2, 0) is 6.42 Å². The molecule has 1 unspecified atom stereocenters. The van der Waals surface area contributed by atoms with E-state index in [-0.39, 0.29) is 5.69 Å². The molecule has 0 spiro atoms. The molecule has 1 N–H and O–H groups in total. The summed E-state index contributed by atoms with van der Waals surface area (Å²) >= 11 is 0. The molecule has 0 heterocycles. The monoisotopic (exact) mass is 207 g/mol. The van der Waals surface area contributed by atoms with Crippen molar-refractivity contribution in [2.75, 3.05) is 0 Å². The molecule has 4 nitrogen and oxygen atoms in total. The van der Waals surface area contributed by atoms with Gasteiger partial charge in [0.25, 0.3) is 5.69 Å². The molecule has 0 bridgehead atoms. The Morgan fingerprint density at radius 2 is 2.20 bits per heavy atom. The SMILES string of the molecule is O=[N+]([O-])c1ccc2c(c1)C(O)CCCC2. The third-order valence-electron chi connectivity index (χ3n) is 2.87. The molecule has 0 saturated carbocycles. The first-order valence-corrected chi connectivity index (χ1v) is 5.14. The number of aliphatic hydroxyl groups excluding tert-OH is 1. The van der Waals surface area contributed by atoms with Crippen LogP contribution < -0.4 is 0 Å². The van der Waals surface area contributed by atoms with Crippen molar-refractivity contribution in [1.82, 2.24) is 0 Å². The molecule has 0 saturated heterocycles. The number of hydrogen-bond donors (Lipinski definition) is 1. The van der Waals surface area contributed by atoms with E-state index in [1.54, 1.807) is 6.07 Å². The maximum atomic E-state index is 10.6. The average Bonchev–Trinajstić information content (AvgIpc) is 2.40. The lowest BCUT2D eigenvalue weighted by Gasteiger charge is -2.10. The molecule has 15 heavy (non-hydrogen) atoms. The van der Waals surface area contributed by atoms with Gasteiger partial charge in [-0.25, -0.2) is 0 Å². The molecule has 2 rings (SSSR count). The van der Waals surface area contributed by atoms with E-state index in [0.717, 1.165) is 30.4 Å². The number of fused-ring (bicyclic) bond motifs is 1. The minimum absolute atomic E-state index is 0.0645. The lowest BCUT2D eigenvalue weighted by Crippen LogP contribution is -2.00. The van der Waals surface area contributed by atoms with E-state index < -0.39 is 11.0 Å². The standard InChI is InChI=1S/C11H13NO3/c13-11-4-2-1-3-8-5-6-9(12(14)15)7-10(8)11/h5-7,11,13H,1-4H2. The van der Waals surface area contributed by atoms with Crippen molar-refractivity contribution < 1.29 is 10.0 Å². The van der Waals surface area contributed by atoms with Crippen LogP contribution in [0.1, 0.15) is 36.5 Å². The Morgan fingerprint density at radius 3 is 2.93 bits per heavy atom. The minimum Gasteiger partial charge on any atom is -0.388 e. The largest absolute Gasteiger partial charge is 0.388 e. The van der Waals surface area contributed by atoms with Crippen LogP contribution in [0.15, 0.2) is 18.2 Å². The maximum absolute atomic E-state index is 10.6. The maximum Gasteiger partial charge on any atom is 0.269 e. The molecule has 1 aliphatic rings. The number of aliphatic hydroxyl groups is 1. The summed E-state index contributed by atoms with van der Waals surface area (Å²) in [5.74, 6) is 0. The van der Waals surface area contributed by atoms with Crippen LogP contribution in [0, 0.1) is 10.1 Å². The van der Waals surface area contributed by atoms with Crippen molar-refractivity contribution in [1.29, 1.82) is 0 Å². The second kappa shape index (κ2) is 3.98. The van der Waals surface area contributed by atoms with Crippen molar-refractivity contribution in [2.45, 2.75) is 31.8 Å². The zero-order valence-electron chi connectivity index (χ0n) is 8.35. The Hall–Kier alpha value is -1.42. The van der Waals surface area contributed by atoms with Gasteiger partial charge in [0.15, 0.2) is 0 Å². The number of nitro benzene ring substituents is 1. The lowest BCUT2D eigenvalue weighted by atomic mass is 10.0. The molecule has 1 aromatic rings. The molecular formula is C11H13NO3.